The molecule has 0 spiro atoms. The first-order valence-corrected chi connectivity index (χ1v) is 11.1. The van der Waals surface area contributed by atoms with Gasteiger partial charge >= 0.3 is 0 Å². The van der Waals surface area contributed by atoms with Crippen LogP contribution in [0, 0.1) is 5.41 Å². The number of thiocarbonyl (C=S) groups is 1. The Morgan fingerprint density at radius 1 is 1.03 bits per heavy atom. The summed E-state index contributed by atoms with van der Waals surface area (Å²) >= 11 is 5.48. The van der Waals surface area contributed by atoms with Crippen molar-refractivity contribution in [3.05, 3.63) is 60.4 Å². The van der Waals surface area contributed by atoms with Crippen LogP contribution in [0.4, 0.5) is 11.4 Å². The summed E-state index contributed by atoms with van der Waals surface area (Å²) in [7, 11) is 0. The van der Waals surface area contributed by atoms with Gasteiger partial charge in [0.2, 0.25) is 0 Å². The van der Waals surface area contributed by atoms with Crippen molar-refractivity contribution < 1.29 is 4.42 Å². The highest BCUT2D eigenvalue weighted by molar-refractivity contribution is 7.80. The summed E-state index contributed by atoms with van der Waals surface area (Å²) in [6.45, 7) is 10.4. The van der Waals surface area contributed by atoms with E-state index in [0.717, 1.165) is 36.6 Å². The Morgan fingerprint density at radius 2 is 1.73 bits per heavy atom. The monoisotopic (exact) mass is 421 g/mol. The molecule has 3 aromatic rings. The normalized spacial score (nSPS) is 16.0. The molecule has 0 bridgehead atoms. The summed E-state index contributed by atoms with van der Waals surface area (Å²) in [5.74, 6) is 0.548. The average Bonchev–Trinajstić information content (AvgIpc) is 3.11. The minimum Gasteiger partial charge on any atom is -0.464 e. The number of furan rings is 1. The lowest BCUT2D eigenvalue weighted by Crippen LogP contribution is -2.38. The first-order valence-electron chi connectivity index (χ1n) is 10.7. The van der Waals surface area contributed by atoms with E-state index in [1.54, 1.807) is 0 Å². The molecule has 0 unspecified atom stereocenters. The number of nitrogens with one attached hydrogen (secondary N) is 2. The van der Waals surface area contributed by atoms with Crippen LogP contribution in [0.2, 0.25) is 0 Å². The van der Waals surface area contributed by atoms with Crippen molar-refractivity contribution in [2.45, 2.75) is 39.5 Å². The van der Waals surface area contributed by atoms with Crippen LogP contribution in [0.1, 0.15) is 45.1 Å². The Labute approximate surface area is 184 Å². The molecule has 1 fully saturated rings. The van der Waals surface area contributed by atoms with Crippen molar-refractivity contribution in [3.63, 3.8) is 0 Å². The lowest BCUT2D eigenvalue weighted by molar-refractivity contribution is 0.154. The van der Waals surface area contributed by atoms with E-state index < -0.39 is 0 Å². The van der Waals surface area contributed by atoms with Crippen LogP contribution in [-0.4, -0.2) is 29.6 Å². The van der Waals surface area contributed by atoms with E-state index in [-0.39, 0.29) is 0 Å². The highest BCUT2D eigenvalue weighted by Gasteiger charge is 2.26. The molecule has 0 aliphatic carbocycles. The maximum Gasteiger partial charge on any atom is 0.175 e. The minimum absolute atomic E-state index is 0.349. The third-order valence-electron chi connectivity index (χ3n) is 5.62. The quantitative estimate of drug-likeness (QED) is 0.473. The van der Waals surface area contributed by atoms with Crippen LogP contribution in [0.25, 0.3) is 11.0 Å². The van der Waals surface area contributed by atoms with E-state index in [1.807, 2.05) is 48.7 Å². The minimum atomic E-state index is 0.349. The van der Waals surface area contributed by atoms with Crippen LogP contribution < -0.4 is 10.6 Å². The molecule has 0 atom stereocenters. The number of hydrogen-bond donors (Lipinski definition) is 2. The number of piperidine rings is 1. The molecule has 5 heteroatoms. The summed E-state index contributed by atoms with van der Waals surface area (Å²) in [4.78, 5) is 2.60. The van der Waals surface area contributed by atoms with E-state index in [1.165, 1.54) is 23.8 Å². The van der Waals surface area contributed by atoms with Crippen molar-refractivity contribution in [3.8, 4) is 0 Å². The van der Waals surface area contributed by atoms with Gasteiger partial charge in [-0.15, -0.1) is 0 Å². The maximum absolute atomic E-state index is 5.88. The van der Waals surface area contributed by atoms with Gasteiger partial charge in [0.05, 0.1) is 6.26 Å². The fraction of sp³-hybridized carbons (Fsp3) is 0.400. The maximum atomic E-state index is 5.88. The Bertz CT molecular complexity index is 998. The molecule has 0 saturated carbocycles. The summed E-state index contributed by atoms with van der Waals surface area (Å²) in [5.41, 5.74) is 4.56. The molecule has 2 heterocycles. The largest absolute Gasteiger partial charge is 0.464 e. The number of anilines is 2. The molecular weight excluding hydrogens is 390 g/mol. The third-order valence-corrected chi connectivity index (χ3v) is 5.82. The van der Waals surface area contributed by atoms with Gasteiger partial charge in [-0.1, -0.05) is 39.0 Å². The lowest BCUT2D eigenvalue weighted by Gasteiger charge is -2.35. The fourth-order valence-corrected chi connectivity index (χ4v) is 4.57. The molecular formula is C25H31N3OS. The van der Waals surface area contributed by atoms with Gasteiger partial charge in [-0.05, 0) is 79.8 Å². The Hall–Kier alpha value is -2.37. The first-order chi connectivity index (χ1) is 14.4. The Morgan fingerprint density at radius 3 is 2.43 bits per heavy atom. The number of para-hydroxylation sites is 1. The van der Waals surface area contributed by atoms with Gasteiger partial charge < -0.3 is 20.0 Å². The molecule has 30 heavy (non-hydrogen) atoms. The molecule has 2 N–H and O–H groups in total. The van der Waals surface area contributed by atoms with Crippen LogP contribution in [0.15, 0.2) is 59.2 Å². The summed E-state index contributed by atoms with van der Waals surface area (Å²) in [6, 6.07) is 16.2. The highest BCUT2D eigenvalue weighted by Crippen LogP contribution is 2.36. The van der Waals surface area contributed by atoms with Gasteiger partial charge in [-0.2, -0.15) is 0 Å². The topological polar surface area (TPSA) is 40.4 Å². The standard InChI is InChI=1S/C25H31N3OS/c1-25(2,3)17-28-13-11-18(12-14-28)22-16-29-23-10-9-20(15-21(22)23)27-24(30)26-19-7-5-4-6-8-19/h4-10,15-16,18H,11-14,17H2,1-3H3,(H2,26,27,30). The van der Waals surface area contributed by atoms with E-state index in [9.17, 15) is 0 Å². The van der Waals surface area contributed by atoms with Crippen LogP contribution in [0.5, 0.6) is 0 Å². The Kier molecular flexibility index (Phi) is 6.11. The fourth-order valence-electron chi connectivity index (χ4n) is 4.33. The van der Waals surface area contributed by atoms with Crippen molar-refractivity contribution in [2.24, 2.45) is 5.41 Å². The second kappa shape index (κ2) is 8.78. The molecule has 158 valence electrons. The summed E-state index contributed by atoms with van der Waals surface area (Å²) < 4.78 is 5.88. The van der Waals surface area contributed by atoms with Crippen LogP contribution >= 0.6 is 12.2 Å². The number of likely N-dealkylation sites (tertiary alicyclic amines) is 1. The number of nitrogens with zero attached hydrogens (tertiary/aromatic N) is 1. The SMILES string of the molecule is CC(C)(C)CN1CCC(c2coc3ccc(NC(=S)Nc4ccccc4)cc23)CC1. The molecule has 0 amide bonds. The van der Waals surface area contributed by atoms with Gasteiger partial charge in [0.1, 0.15) is 5.58 Å². The second-order valence-corrected chi connectivity index (χ2v) is 9.87. The number of rotatable bonds is 4. The molecule has 1 saturated heterocycles. The van der Waals surface area contributed by atoms with Gasteiger partial charge in [0.15, 0.2) is 5.11 Å². The predicted octanol–water partition coefficient (Wildman–Crippen LogP) is 6.47. The number of benzene rings is 2. The van der Waals surface area contributed by atoms with Gasteiger partial charge in [0.25, 0.3) is 0 Å². The van der Waals surface area contributed by atoms with Crippen LogP contribution in [-0.2, 0) is 0 Å². The number of fused-ring (bicyclic) bond motifs is 1. The molecule has 4 rings (SSSR count). The van der Waals surface area contributed by atoms with E-state index >= 15 is 0 Å². The van der Waals surface area contributed by atoms with E-state index in [4.69, 9.17) is 16.6 Å². The third kappa shape index (κ3) is 5.21. The smallest absolute Gasteiger partial charge is 0.175 e. The van der Waals surface area contributed by atoms with Crippen LogP contribution in [0.3, 0.4) is 0 Å². The van der Waals surface area contributed by atoms with Crippen molar-refractivity contribution >= 4 is 39.7 Å². The molecule has 0 radical (unpaired) electrons. The summed E-state index contributed by atoms with van der Waals surface area (Å²) in [6.07, 6.45) is 4.31. The van der Waals surface area contributed by atoms with Crippen molar-refractivity contribution in [2.75, 3.05) is 30.3 Å². The van der Waals surface area contributed by atoms with Gasteiger partial charge in [0, 0.05) is 28.9 Å². The van der Waals surface area contributed by atoms with Gasteiger partial charge in [-0.25, -0.2) is 0 Å². The zero-order chi connectivity index (χ0) is 21.1. The molecule has 2 aromatic carbocycles. The lowest BCUT2D eigenvalue weighted by atomic mass is 9.87. The van der Waals surface area contributed by atoms with E-state index in [0.29, 0.717) is 16.4 Å². The molecule has 4 nitrogen and oxygen atoms in total. The van der Waals surface area contributed by atoms with Crippen molar-refractivity contribution in [1.82, 2.24) is 4.90 Å². The predicted molar refractivity (Wildman–Crippen MR) is 130 cm³/mol. The first kappa shape index (κ1) is 20.9. The summed E-state index contributed by atoms with van der Waals surface area (Å²) in [5, 5.41) is 8.31. The van der Waals surface area contributed by atoms with Crippen molar-refractivity contribution in [1.29, 1.82) is 0 Å². The zero-order valence-corrected chi connectivity index (χ0v) is 18.9. The van der Waals surface area contributed by atoms with E-state index in [2.05, 4.69) is 42.4 Å². The number of hydrogen-bond acceptors (Lipinski definition) is 3. The average molecular weight is 422 g/mol. The van der Waals surface area contributed by atoms with Gasteiger partial charge in [-0.3, -0.25) is 0 Å². The Balaban J connectivity index is 1.44. The zero-order valence-electron chi connectivity index (χ0n) is 18.1. The molecule has 1 aliphatic heterocycles. The highest BCUT2D eigenvalue weighted by atomic mass is 32.1. The molecule has 1 aromatic heterocycles. The second-order valence-electron chi connectivity index (χ2n) is 9.46. The molecule has 1 aliphatic rings.